The molecule has 0 bridgehead atoms. The van der Waals surface area contributed by atoms with Crippen LogP contribution < -0.4 is 10.5 Å². The minimum absolute atomic E-state index is 0.0604. The molecule has 2 rings (SSSR count). The van der Waals surface area contributed by atoms with Gasteiger partial charge in [-0.25, -0.2) is 4.98 Å². The Labute approximate surface area is 119 Å². The number of alkyl halides is 3. The van der Waals surface area contributed by atoms with E-state index >= 15 is 0 Å². The molecule has 2 aromatic rings. The number of benzene rings is 1. The minimum atomic E-state index is -4.81. The fourth-order valence-corrected chi connectivity index (χ4v) is 1.93. The fraction of sp³-hybridized carbons (Fsp3) is 0.214. The van der Waals surface area contributed by atoms with Crippen molar-refractivity contribution in [3.05, 3.63) is 53.7 Å². The summed E-state index contributed by atoms with van der Waals surface area (Å²) in [5.74, 6) is -0.140. The number of nitrogens with zero attached hydrogens (tertiary/aromatic N) is 1. The zero-order valence-corrected chi connectivity index (χ0v) is 10.8. The largest absolute Gasteiger partial charge is 0.573 e. The van der Waals surface area contributed by atoms with Crippen LogP contribution in [0.15, 0.2) is 42.6 Å². The molecule has 1 aromatic carbocycles. The summed E-state index contributed by atoms with van der Waals surface area (Å²) in [7, 11) is 0. The second-order valence-corrected chi connectivity index (χ2v) is 4.39. The lowest BCUT2D eigenvalue weighted by molar-refractivity contribution is -0.275. The van der Waals surface area contributed by atoms with Crippen molar-refractivity contribution in [1.82, 2.24) is 4.98 Å². The van der Waals surface area contributed by atoms with Gasteiger partial charge in [0.25, 0.3) is 0 Å². The summed E-state index contributed by atoms with van der Waals surface area (Å²) in [4.78, 5) is 3.81. The van der Waals surface area contributed by atoms with Gasteiger partial charge in [-0.05, 0) is 23.8 Å². The Kier molecular flexibility index (Phi) is 4.32. The molecule has 1 aromatic heterocycles. The predicted octanol–water partition coefficient (Wildman–Crippen LogP) is 2.84. The molecule has 0 spiro atoms. The Morgan fingerprint density at radius 1 is 1.24 bits per heavy atom. The van der Waals surface area contributed by atoms with Crippen LogP contribution in [0.1, 0.15) is 17.2 Å². The highest BCUT2D eigenvalue weighted by Gasteiger charge is 2.32. The average Bonchev–Trinajstić information content (AvgIpc) is 2.37. The number of pyridine rings is 1. The number of halogens is 3. The van der Waals surface area contributed by atoms with E-state index in [2.05, 4.69) is 9.72 Å². The standard InChI is InChI=1S/C14H13F3N2O2/c15-14(16,17)21-12-4-2-1-3-10(12)11(20)7-9-5-6-19-13(18)8-9/h1-6,8,11,20H,7H2,(H2,18,19). The number of para-hydroxylation sites is 1. The molecule has 3 N–H and O–H groups in total. The number of nitrogens with two attached hydrogens (primary N) is 1. The first-order valence-corrected chi connectivity index (χ1v) is 6.08. The highest BCUT2D eigenvalue weighted by atomic mass is 19.4. The Bertz CT molecular complexity index is 617. The van der Waals surface area contributed by atoms with Gasteiger partial charge in [0.2, 0.25) is 0 Å². The van der Waals surface area contributed by atoms with E-state index in [0.717, 1.165) is 6.07 Å². The van der Waals surface area contributed by atoms with E-state index in [4.69, 9.17) is 5.73 Å². The van der Waals surface area contributed by atoms with Crippen LogP contribution in [0, 0.1) is 0 Å². The topological polar surface area (TPSA) is 68.4 Å². The Balaban J connectivity index is 2.21. The maximum absolute atomic E-state index is 12.3. The number of aromatic nitrogens is 1. The molecule has 0 amide bonds. The molecule has 0 fully saturated rings. The molecular weight excluding hydrogens is 285 g/mol. The monoisotopic (exact) mass is 298 g/mol. The Morgan fingerprint density at radius 2 is 1.95 bits per heavy atom. The first-order chi connectivity index (χ1) is 9.85. The van der Waals surface area contributed by atoms with Crippen LogP contribution in [-0.2, 0) is 6.42 Å². The lowest BCUT2D eigenvalue weighted by Gasteiger charge is -2.17. The molecule has 7 heteroatoms. The maximum Gasteiger partial charge on any atom is 0.573 e. The van der Waals surface area contributed by atoms with Gasteiger partial charge in [-0.2, -0.15) is 0 Å². The molecule has 1 atom stereocenters. The second kappa shape index (κ2) is 6.01. The first kappa shape index (κ1) is 15.1. The van der Waals surface area contributed by atoms with E-state index < -0.39 is 18.2 Å². The SMILES string of the molecule is Nc1cc(CC(O)c2ccccc2OC(F)(F)F)ccn1. The van der Waals surface area contributed by atoms with E-state index in [1.54, 1.807) is 12.1 Å². The summed E-state index contributed by atoms with van der Waals surface area (Å²) in [6.07, 6.45) is -4.39. The van der Waals surface area contributed by atoms with Crippen molar-refractivity contribution in [3.8, 4) is 5.75 Å². The van der Waals surface area contributed by atoms with Crippen LogP contribution >= 0.6 is 0 Å². The molecule has 0 aliphatic heterocycles. The van der Waals surface area contributed by atoms with Crippen molar-refractivity contribution in [1.29, 1.82) is 0 Å². The van der Waals surface area contributed by atoms with Crippen LogP contribution in [0.4, 0.5) is 19.0 Å². The van der Waals surface area contributed by atoms with Crippen molar-refractivity contribution in [2.24, 2.45) is 0 Å². The summed E-state index contributed by atoms with van der Waals surface area (Å²) < 4.78 is 40.9. The third kappa shape index (κ3) is 4.35. The van der Waals surface area contributed by atoms with Crippen LogP contribution in [0.5, 0.6) is 5.75 Å². The second-order valence-electron chi connectivity index (χ2n) is 4.39. The number of ether oxygens (including phenoxy) is 1. The van der Waals surface area contributed by atoms with Gasteiger partial charge in [0.05, 0.1) is 6.10 Å². The number of rotatable bonds is 4. The third-order valence-electron chi connectivity index (χ3n) is 2.78. The van der Waals surface area contributed by atoms with Crippen LogP contribution in [0.3, 0.4) is 0 Å². The van der Waals surface area contributed by atoms with Crippen molar-refractivity contribution < 1.29 is 23.0 Å². The minimum Gasteiger partial charge on any atom is -0.405 e. The molecule has 0 saturated heterocycles. The number of nitrogen functional groups attached to an aromatic ring is 1. The molecule has 21 heavy (non-hydrogen) atoms. The van der Waals surface area contributed by atoms with E-state index in [1.165, 1.54) is 24.4 Å². The third-order valence-corrected chi connectivity index (χ3v) is 2.78. The van der Waals surface area contributed by atoms with Gasteiger partial charge in [-0.1, -0.05) is 18.2 Å². The van der Waals surface area contributed by atoms with Gasteiger partial charge < -0.3 is 15.6 Å². The first-order valence-electron chi connectivity index (χ1n) is 6.08. The summed E-state index contributed by atoms with van der Waals surface area (Å²) in [6, 6.07) is 8.66. The van der Waals surface area contributed by atoms with Crippen molar-refractivity contribution in [2.75, 3.05) is 5.73 Å². The van der Waals surface area contributed by atoms with Gasteiger partial charge in [0, 0.05) is 18.2 Å². The van der Waals surface area contributed by atoms with Crippen LogP contribution in [0.2, 0.25) is 0 Å². The van der Waals surface area contributed by atoms with Gasteiger partial charge in [0.15, 0.2) is 0 Å². The predicted molar refractivity (Wildman–Crippen MR) is 70.4 cm³/mol. The lowest BCUT2D eigenvalue weighted by Crippen LogP contribution is -2.19. The molecule has 0 aliphatic carbocycles. The zero-order chi connectivity index (χ0) is 15.5. The van der Waals surface area contributed by atoms with Crippen LogP contribution in [-0.4, -0.2) is 16.5 Å². The zero-order valence-electron chi connectivity index (χ0n) is 10.8. The highest BCUT2D eigenvalue weighted by Crippen LogP contribution is 2.31. The fourth-order valence-electron chi connectivity index (χ4n) is 1.93. The van der Waals surface area contributed by atoms with E-state index in [9.17, 15) is 18.3 Å². The van der Waals surface area contributed by atoms with Crippen molar-refractivity contribution in [3.63, 3.8) is 0 Å². The quantitative estimate of drug-likeness (QED) is 0.910. The molecule has 1 unspecified atom stereocenters. The van der Waals surface area contributed by atoms with Gasteiger partial charge in [-0.15, -0.1) is 13.2 Å². The number of aliphatic hydroxyl groups is 1. The van der Waals surface area contributed by atoms with Crippen molar-refractivity contribution in [2.45, 2.75) is 18.9 Å². The molecule has 0 aliphatic rings. The number of aliphatic hydroxyl groups excluding tert-OH is 1. The average molecular weight is 298 g/mol. The summed E-state index contributed by atoms with van der Waals surface area (Å²) in [6.45, 7) is 0. The molecule has 0 radical (unpaired) electrons. The number of hydrogen-bond acceptors (Lipinski definition) is 4. The molecule has 0 saturated carbocycles. The van der Waals surface area contributed by atoms with E-state index in [-0.39, 0.29) is 17.8 Å². The molecule has 4 nitrogen and oxygen atoms in total. The Hall–Kier alpha value is -2.28. The molecule has 1 heterocycles. The molecular formula is C14H13F3N2O2. The van der Waals surface area contributed by atoms with E-state index in [0.29, 0.717) is 5.56 Å². The maximum atomic E-state index is 12.3. The number of anilines is 1. The summed E-state index contributed by atoms with van der Waals surface area (Å²) >= 11 is 0. The summed E-state index contributed by atoms with van der Waals surface area (Å²) in [5, 5.41) is 10.1. The summed E-state index contributed by atoms with van der Waals surface area (Å²) in [5.41, 5.74) is 6.24. The smallest absolute Gasteiger partial charge is 0.405 e. The van der Waals surface area contributed by atoms with Crippen molar-refractivity contribution >= 4 is 5.82 Å². The lowest BCUT2D eigenvalue weighted by atomic mass is 10.0. The van der Waals surface area contributed by atoms with E-state index in [1.807, 2.05) is 0 Å². The number of hydrogen-bond donors (Lipinski definition) is 2. The van der Waals surface area contributed by atoms with Crippen LogP contribution in [0.25, 0.3) is 0 Å². The van der Waals surface area contributed by atoms with Gasteiger partial charge >= 0.3 is 6.36 Å². The normalized spacial score (nSPS) is 13.0. The molecule has 112 valence electrons. The Morgan fingerprint density at radius 3 is 2.62 bits per heavy atom. The van der Waals surface area contributed by atoms with Gasteiger partial charge in [-0.3, -0.25) is 0 Å². The highest BCUT2D eigenvalue weighted by molar-refractivity contribution is 5.37. The van der Waals surface area contributed by atoms with Gasteiger partial charge in [0.1, 0.15) is 11.6 Å².